The van der Waals surface area contributed by atoms with E-state index < -0.39 is 6.04 Å². The van der Waals surface area contributed by atoms with Gasteiger partial charge in [0.2, 0.25) is 5.91 Å². The maximum absolute atomic E-state index is 13.5. The molecule has 35 heavy (non-hydrogen) atoms. The molecule has 5 nitrogen and oxygen atoms in total. The van der Waals surface area contributed by atoms with E-state index in [2.05, 4.69) is 21.2 Å². The van der Waals surface area contributed by atoms with Gasteiger partial charge >= 0.3 is 0 Å². The Balaban J connectivity index is 1.92. The molecule has 0 fully saturated rings. The summed E-state index contributed by atoms with van der Waals surface area (Å²) in [6.07, 6.45) is 0.332. The molecule has 0 heterocycles. The van der Waals surface area contributed by atoms with Gasteiger partial charge in [0.25, 0.3) is 5.91 Å². The molecule has 3 aromatic carbocycles. The molecule has 0 saturated heterocycles. The van der Waals surface area contributed by atoms with Crippen molar-refractivity contribution in [3.63, 3.8) is 0 Å². The Labute approximate surface area is 228 Å². The molecule has 184 valence electrons. The Morgan fingerprint density at radius 3 is 2.34 bits per heavy atom. The van der Waals surface area contributed by atoms with Crippen LogP contribution in [0, 0.1) is 0 Å². The average molecular weight is 599 g/mol. The normalized spacial score (nSPS) is 11.6. The van der Waals surface area contributed by atoms with Crippen molar-refractivity contribution in [2.45, 2.75) is 25.9 Å². The number of likely N-dealkylation sites (N-methyl/N-ethyl adjacent to an activating group) is 1. The molecule has 0 aromatic heterocycles. The summed E-state index contributed by atoms with van der Waals surface area (Å²) in [6, 6.07) is 19.0. The molecule has 0 unspecified atom stereocenters. The number of hydrogen-bond donors (Lipinski definition) is 1. The molecule has 1 N–H and O–H groups in total. The minimum Gasteiger partial charge on any atom is -0.482 e. The fourth-order valence-corrected chi connectivity index (χ4v) is 4.54. The van der Waals surface area contributed by atoms with Crippen LogP contribution in [0.1, 0.15) is 18.1 Å². The standard InChI is InChI=1S/C26H24BrCl3N2O3/c1-2-31-26(34)23(13-17-6-4-3-5-7-17)32(15-18-8-10-20(28)21(29)12-18)25(33)16-35-24-11-9-19(27)14-22(24)30/h3-12,14,23H,2,13,15-16H2,1H3,(H,31,34)/t23-/m1/s1. The van der Waals surface area contributed by atoms with Crippen molar-refractivity contribution in [2.75, 3.05) is 13.2 Å². The molecule has 0 spiro atoms. The zero-order valence-electron chi connectivity index (χ0n) is 18.9. The molecular weight excluding hydrogens is 575 g/mol. The summed E-state index contributed by atoms with van der Waals surface area (Å²) >= 11 is 21.9. The Bertz CT molecular complexity index is 1180. The lowest BCUT2D eigenvalue weighted by Gasteiger charge is -2.31. The zero-order chi connectivity index (χ0) is 25.4. The number of hydrogen-bond acceptors (Lipinski definition) is 3. The Hall–Kier alpha value is -2.25. The van der Waals surface area contributed by atoms with Gasteiger partial charge in [0, 0.05) is 24.0 Å². The van der Waals surface area contributed by atoms with E-state index in [4.69, 9.17) is 39.5 Å². The number of ether oxygens (including phenoxy) is 1. The summed E-state index contributed by atoms with van der Waals surface area (Å²) in [4.78, 5) is 28.2. The second-order valence-electron chi connectivity index (χ2n) is 7.73. The highest BCUT2D eigenvalue weighted by Crippen LogP contribution is 2.28. The number of nitrogens with zero attached hydrogens (tertiary/aromatic N) is 1. The van der Waals surface area contributed by atoms with E-state index in [1.165, 1.54) is 4.90 Å². The van der Waals surface area contributed by atoms with E-state index in [0.29, 0.717) is 33.8 Å². The van der Waals surface area contributed by atoms with Crippen LogP contribution < -0.4 is 10.1 Å². The first-order valence-electron chi connectivity index (χ1n) is 10.9. The quantitative estimate of drug-likeness (QED) is 0.288. The van der Waals surface area contributed by atoms with E-state index in [0.717, 1.165) is 15.6 Å². The van der Waals surface area contributed by atoms with Crippen molar-refractivity contribution in [2.24, 2.45) is 0 Å². The van der Waals surface area contributed by atoms with Crippen molar-refractivity contribution in [1.29, 1.82) is 0 Å². The lowest BCUT2D eigenvalue weighted by Crippen LogP contribution is -2.51. The van der Waals surface area contributed by atoms with E-state index in [-0.39, 0.29) is 25.0 Å². The van der Waals surface area contributed by atoms with Crippen LogP contribution in [0.15, 0.2) is 71.2 Å². The van der Waals surface area contributed by atoms with Gasteiger partial charge in [-0.05, 0) is 48.4 Å². The van der Waals surface area contributed by atoms with Gasteiger partial charge < -0.3 is 15.0 Å². The Morgan fingerprint density at radius 2 is 1.69 bits per heavy atom. The van der Waals surface area contributed by atoms with Crippen molar-refractivity contribution < 1.29 is 14.3 Å². The molecule has 3 rings (SSSR count). The molecule has 3 aromatic rings. The molecule has 0 aliphatic carbocycles. The van der Waals surface area contributed by atoms with Gasteiger partial charge in [0.15, 0.2) is 6.61 Å². The maximum atomic E-state index is 13.5. The van der Waals surface area contributed by atoms with Crippen LogP contribution in [-0.4, -0.2) is 35.9 Å². The van der Waals surface area contributed by atoms with Crippen LogP contribution in [0.4, 0.5) is 0 Å². The fourth-order valence-electron chi connectivity index (χ4n) is 3.50. The molecule has 0 radical (unpaired) electrons. The molecule has 1 atom stereocenters. The largest absolute Gasteiger partial charge is 0.482 e. The predicted octanol–water partition coefficient (Wildman–Crippen LogP) is 6.56. The lowest BCUT2D eigenvalue weighted by molar-refractivity contribution is -0.142. The SMILES string of the molecule is CCNC(=O)[C@@H](Cc1ccccc1)N(Cc1ccc(Cl)c(Cl)c1)C(=O)COc1ccc(Br)cc1Cl. The third kappa shape index (κ3) is 7.87. The number of benzene rings is 3. The van der Waals surface area contributed by atoms with Crippen LogP contribution in [0.3, 0.4) is 0 Å². The van der Waals surface area contributed by atoms with Crippen LogP contribution in [0.2, 0.25) is 15.1 Å². The number of halogens is 4. The zero-order valence-corrected chi connectivity index (χ0v) is 22.8. The van der Waals surface area contributed by atoms with E-state index >= 15 is 0 Å². The van der Waals surface area contributed by atoms with Gasteiger partial charge in [-0.2, -0.15) is 0 Å². The Morgan fingerprint density at radius 1 is 0.943 bits per heavy atom. The van der Waals surface area contributed by atoms with Gasteiger partial charge in [-0.1, -0.05) is 87.1 Å². The summed E-state index contributed by atoms with van der Waals surface area (Å²) < 4.78 is 6.53. The predicted molar refractivity (Wildman–Crippen MR) is 144 cm³/mol. The van der Waals surface area contributed by atoms with Gasteiger partial charge in [-0.15, -0.1) is 0 Å². The summed E-state index contributed by atoms with van der Waals surface area (Å²) in [5, 5.41) is 3.99. The van der Waals surface area contributed by atoms with Crippen molar-refractivity contribution in [3.8, 4) is 5.75 Å². The topological polar surface area (TPSA) is 58.6 Å². The highest BCUT2D eigenvalue weighted by molar-refractivity contribution is 9.10. The second-order valence-corrected chi connectivity index (χ2v) is 9.87. The summed E-state index contributed by atoms with van der Waals surface area (Å²) in [5.74, 6) is -0.260. The third-order valence-electron chi connectivity index (χ3n) is 5.20. The van der Waals surface area contributed by atoms with Crippen molar-refractivity contribution in [1.82, 2.24) is 10.2 Å². The van der Waals surface area contributed by atoms with Crippen molar-refractivity contribution in [3.05, 3.63) is 97.4 Å². The van der Waals surface area contributed by atoms with E-state index in [1.54, 1.807) is 36.4 Å². The number of carbonyl (C=O) groups excluding carboxylic acids is 2. The average Bonchev–Trinajstić information content (AvgIpc) is 2.83. The van der Waals surface area contributed by atoms with Crippen LogP contribution in [-0.2, 0) is 22.6 Å². The first kappa shape index (κ1) is 27.3. The van der Waals surface area contributed by atoms with Gasteiger partial charge in [-0.3, -0.25) is 9.59 Å². The summed E-state index contributed by atoms with van der Waals surface area (Å²) in [6.45, 7) is 2.11. The second kappa shape index (κ2) is 13.2. The summed E-state index contributed by atoms with van der Waals surface area (Å²) in [5.41, 5.74) is 1.66. The third-order valence-corrected chi connectivity index (χ3v) is 6.73. The number of amides is 2. The van der Waals surface area contributed by atoms with Crippen LogP contribution in [0.5, 0.6) is 5.75 Å². The van der Waals surface area contributed by atoms with Gasteiger partial charge in [0.1, 0.15) is 11.8 Å². The molecule has 0 saturated carbocycles. The molecule has 9 heteroatoms. The lowest BCUT2D eigenvalue weighted by atomic mass is 10.0. The number of carbonyl (C=O) groups is 2. The van der Waals surface area contributed by atoms with Crippen molar-refractivity contribution >= 4 is 62.5 Å². The molecule has 2 amide bonds. The first-order chi connectivity index (χ1) is 16.8. The fraction of sp³-hybridized carbons (Fsp3) is 0.231. The van der Waals surface area contributed by atoms with E-state index in [9.17, 15) is 9.59 Å². The minimum absolute atomic E-state index is 0.141. The Kier molecular flexibility index (Phi) is 10.3. The molecular formula is C26H24BrCl3N2O3. The highest BCUT2D eigenvalue weighted by atomic mass is 79.9. The van der Waals surface area contributed by atoms with Gasteiger partial charge in [0.05, 0.1) is 15.1 Å². The smallest absolute Gasteiger partial charge is 0.261 e. The first-order valence-corrected chi connectivity index (χ1v) is 12.8. The summed E-state index contributed by atoms with van der Waals surface area (Å²) in [7, 11) is 0. The maximum Gasteiger partial charge on any atom is 0.261 e. The molecule has 0 bridgehead atoms. The monoisotopic (exact) mass is 596 g/mol. The number of rotatable bonds is 10. The molecule has 0 aliphatic heterocycles. The highest BCUT2D eigenvalue weighted by Gasteiger charge is 2.30. The molecule has 0 aliphatic rings. The van der Waals surface area contributed by atoms with Crippen LogP contribution in [0.25, 0.3) is 0 Å². The van der Waals surface area contributed by atoms with E-state index in [1.807, 2.05) is 37.3 Å². The minimum atomic E-state index is -0.775. The van der Waals surface area contributed by atoms with Crippen LogP contribution >= 0.6 is 50.7 Å². The number of nitrogens with one attached hydrogen (secondary N) is 1. The van der Waals surface area contributed by atoms with Gasteiger partial charge in [-0.25, -0.2) is 0 Å².